The molecular weight excluding hydrogens is 296 g/mol. The van der Waals surface area contributed by atoms with E-state index in [-0.39, 0.29) is 11.9 Å². The summed E-state index contributed by atoms with van der Waals surface area (Å²) in [6, 6.07) is 18.9. The number of carbonyl (C=O) groups is 1. The fourth-order valence-electron chi connectivity index (χ4n) is 3.69. The van der Waals surface area contributed by atoms with E-state index in [9.17, 15) is 4.79 Å². The molecule has 1 aliphatic rings. The van der Waals surface area contributed by atoms with Gasteiger partial charge >= 0.3 is 0 Å². The summed E-state index contributed by atoms with van der Waals surface area (Å²) in [6.45, 7) is 0. The first-order valence-corrected chi connectivity index (χ1v) is 8.71. The van der Waals surface area contributed by atoms with Crippen molar-refractivity contribution in [2.45, 2.75) is 38.1 Å². The molecule has 1 aromatic heterocycles. The van der Waals surface area contributed by atoms with Crippen LogP contribution in [-0.4, -0.2) is 16.9 Å². The maximum Gasteiger partial charge on any atom is 0.220 e. The topological polar surface area (TPSA) is 44.9 Å². The number of benzene rings is 2. The summed E-state index contributed by atoms with van der Waals surface area (Å²) in [5, 5.41) is 4.53. The van der Waals surface area contributed by atoms with Crippen molar-refractivity contribution in [1.82, 2.24) is 10.3 Å². The lowest BCUT2D eigenvalue weighted by atomic mass is 9.91. The summed E-state index contributed by atoms with van der Waals surface area (Å²) in [7, 11) is 0. The van der Waals surface area contributed by atoms with Crippen LogP contribution in [-0.2, 0) is 24.1 Å². The number of H-pyrrole nitrogens is 1. The molecule has 3 nitrogen and oxygen atoms in total. The highest BCUT2D eigenvalue weighted by Gasteiger charge is 2.23. The summed E-state index contributed by atoms with van der Waals surface area (Å²) in [6.07, 6.45) is 4.31. The maximum absolute atomic E-state index is 12.3. The second-order valence-electron chi connectivity index (χ2n) is 6.62. The molecule has 0 aliphatic heterocycles. The number of para-hydroxylation sites is 1. The monoisotopic (exact) mass is 318 g/mol. The second kappa shape index (κ2) is 6.52. The number of aromatic amines is 1. The first kappa shape index (κ1) is 15.0. The van der Waals surface area contributed by atoms with Crippen molar-refractivity contribution in [3.05, 3.63) is 71.4 Å². The lowest BCUT2D eigenvalue weighted by Gasteiger charge is -2.23. The van der Waals surface area contributed by atoms with Gasteiger partial charge in [0.15, 0.2) is 0 Å². The van der Waals surface area contributed by atoms with E-state index in [1.54, 1.807) is 0 Å². The summed E-state index contributed by atoms with van der Waals surface area (Å²) in [5.74, 6) is 0.159. The molecule has 0 bridgehead atoms. The molecule has 0 saturated carbocycles. The number of carbonyl (C=O) groups excluding carboxylic acids is 1. The van der Waals surface area contributed by atoms with E-state index < -0.39 is 0 Å². The van der Waals surface area contributed by atoms with Gasteiger partial charge in [0.1, 0.15) is 0 Å². The second-order valence-corrected chi connectivity index (χ2v) is 6.62. The van der Waals surface area contributed by atoms with E-state index in [4.69, 9.17) is 0 Å². The zero-order chi connectivity index (χ0) is 16.4. The van der Waals surface area contributed by atoms with Crippen molar-refractivity contribution >= 4 is 16.8 Å². The Morgan fingerprint density at radius 2 is 1.88 bits per heavy atom. The summed E-state index contributed by atoms with van der Waals surface area (Å²) in [5.41, 5.74) is 5.14. The Balaban J connectivity index is 1.39. The predicted molar refractivity (Wildman–Crippen MR) is 97.0 cm³/mol. The van der Waals surface area contributed by atoms with Crippen LogP contribution < -0.4 is 5.32 Å². The van der Waals surface area contributed by atoms with Gasteiger partial charge in [-0.3, -0.25) is 4.79 Å². The molecular formula is C21H22N2O. The molecule has 0 radical (unpaired) electrons. The smallest absolute Gasteiger partial charge is 0.220 e. The Kier molecular flexibility index (Phi) is 4.08. The van der Waals surface area contributed by atoms with Crippen molar-refractivity contribution in [3.63, 3.8) is 0 Å². The Hall–Kier alpha value is -2.55. The molecule has 0 spiro atoms. The van der Waals surface area contributed by atoms with Gasteiger partial charge in [-0.05, 0) is 42.9 Å². The Labute approximate surface area is 142 Å². The first-order valence-electron chi connectivity index (χ1n) is 8.71. The molecule has 1 heterocycles. The molecule has 1 aliphatic carbocycles. The van der Waals surface area contributed by atoms with Crippen LogP contribution in [0.4, 0.5) is 0 Å². The minimum Gasteiger partial charge on any atom is -0.358 e. The molecule has 0 saturated heterocycles. The van der Waals surface area contributed by atoms with Crippen molar-refractivity contribution < 1.29 is 4.79 Å². The summed E-state index contributed by atoms with van der Waals surface area (Å²) in [4.78, 5) is 15.8. The molecule has 0 fully saturated rings. The van der Waals surface area contributed by atoms with Crippen molar-refractivity contribution in [2.75, 3.05) is 0 Å². The third-order valence-electron chi connectivity index (χ3n) is 4.94. The van der Waals surface area contributed by atoms with E-state index in [1.165, 1.54) is 27.7 Å². The van der Waals surface area contributed by atoms with Gasteiger partial charge in [0, 0.05) is 29.1 Å². The maximum atomic E-state index is 12.3. The van der Waals surface area contributed by atoms with Gasteiger partial charge in [-0.15, -0.1) is 0 Å². The van der Waals surface area contributed by atoms with Crippen LogP contribution in [0.1, 0.15) is 29.7 Å². The lowest BCUT2D eigenvalue weighted by molar-refractivity contribution is -0.121. The van der Waals surface area contributed by atoms with E-state index >= 15 is 0 Å². The van der Waals surface area contributed by atoms with Gasteiger partial charge < -0.3 is 10.3 Å². The number of aryl methyl sites for hydroxylation is 2. The van der Waals surface area contributed by atoms with E-state index in [2.05, 4.69) is 46.7 Å². The average molecular weight is 318 g/mol. The number of aromatic nitrogens is 1. The fraction of sp³-hybridized carbons (Fsp3) is 0.286. The Morgan fingerprint density at radius 1 is 1.08 bits per heavy atom. The van der Waals surface area contributed by atoms with Gasteiger partial charge in [-0.2, -0.15) is 0 Å². The molecule has 1 atom stereocenters. The van der Waals surface area contributed by atoms with Crippen LogP contribution in [0, 0.1) is 0 Å². The Morgan fingerprint density at radius 3 is 2.75 bits per heavy atom. The van der Waals surface area contributed by atoms with Crippen LogP contribution >= 0.6 is 0 Å². The van der Waals surface area contributed by atoms with Crippen LogP contribution in [0.5, 0.6) is 0 Å². The average Bonchev–Trinajstić information content (AvgIpc) is 2.99. The first-order chi connectivity index (χ1) is 11.8. The zero-order valence-corrected chi connectivity index (χ0v) is 13.7. The summed E-state index contributed by atoms with van der Waals surface area (Å²) < 4.78 is 0. The fourth-order valence-corrected chi connectivity index (χ4v) is 3.69. The third kappa shape index (κ3) is 3.07. The van der Waals surface area contributed by atoms with Crippen LogP contribution in [0.25, 0.3) is 10.9 Å². The molecule has 2 aromatic carbocycles. The SMILES string of the molecule is O=C(CCc1ccccc1)NC1CCc2[nH]c3ccccc3c2C1. The summed E-state index contributed by atoms with van der Waals surface area (Å²) >= 11 is 0. The highest BCUT2D eigenvalue weighted by Crippen LogP contribution is 2.29. The number of rotatable bonds is 4. The van der Waals surface area contributed by atoms with E-state index in [1.807, 2.05) is 18.2 Å². The standard InChI is InChI=1S/C21H22N2O/c24-21(13-10-15-6-2-1-3-7-15)22-16-11-12-20-18(14-16)17-8-4-5-9-19(17)23-20/h1-9,16,23H,10-14H2,(H,22,24). The quantitative estimate of drug-likeness (QED) is 0.755. The minimum absolute atomic E-state index is 0.159. The van der Waals surface area contributed by atoms with Crippen molar-refractivity contribution in [3.8, 4) is 0 Å². The number of fused-ring (bicyclic) bond motifs is 3. The van der Waals surface area contributed by atoms with E-state index in [0.29, 0.717) is 6.42 Å². The molecule has 1 amide bonds. The van der Waals surface area contributed by atoms with Crippen molar-refractivity contribution in [1.29, 1.82) is 0 Å². The number of amides is 1. The van der Waals surface area contributed by atoms with Crippen LogP contribution in [0.2, 0.25) is 0 Å². The minimum atomic E-state index is 0.159. The zero-order valence-electron chi connectivity index (χ0n) is 13.7. The van der Waals surface area contributed by atoms with Crippen LogP contribution in [0.3, 0.4) is 0 Å². The molecule has 3 aromatic rings. The van der Waals surface area contributed by atoms with Gasteiger partial charge in [0.25, 0.3) is 0 Å². The van der Waals surface area contributed by atoms with Gasteiger partial charge in [-0.25, -0.2) is 0 Å². The van der Waals surface area contributed by atoms with E-state index in [0.717, 1.165) is 25.7 Å². The number of hydrogen-bond donors (Lipinski definition) is 2. The molecule has 4 rings (SSSR count). The van der Waals surface area contributed by atoms with Crippen molar-refractivity contribution in [2.24, 2.45) is 0 Å². The molecule has 3 heteroatoms. The number of hydrogen-bond acceptors (Lipinski definition) is 1. The van der Waals surface area contributed by atoms with Crippen LogP contribution in [0.15, 0.2) is 54.6 Å². The molecule has 1 unspecified atom stereocenters. The highest BCUT2D eigenvalue weighted by atomic mass is 16.1. The largest absolute Gasteiger partial charge is 0.358 e. The van der Waals surface area contributed by atoms with Gasteiger partial charge in [0.2, 0.25) is 5.91 Å². The van der Waals surface area contributed by atoms with Gasteiger partial charge in [0.05, 0.1) is 0 Å². The number of nitrogens with one attached hydrogen (secondary N) is 2. The Bertz CT molecular complexity index is 851. The van der Waals surface area contributed by atoms with Gasteiger partial charge in [-0.1, -0.05) is 48.5 Å². The third-order valence-corrected chi connectivity index (χ3v) is 4.94. The molecule has 122 valence electrons. The highest BCUT2D eigenvalue weighted by molar-refractivity contribution is 5.85. The molecule has 2 N–H and O–H groups in total. The predicted octanol–water partition coefficient (Wildman–Crippen LogP) is 3.77. The molecule has 24 heavy (non-hydrogen) atoms. The normalized spacial score (nSPS) is 16.8. The lowest BCUT2D eigenvalue weighted by Crippen LogP contribution is -2.38.